The normalized spacial score (nSPS) is 10.4. The number of pyridine rings is 1. The third kappa shape index (κ3) is 3.22. The molecule has 0 atom stereocenters. The number of hydrogen-bond donors (Lipinski definition) is 0. The van der Waals surface area contributed by atoms with Crippen molar-refractivity contribution < 1.29 is 4.39 Å². The van der Waals surface area contributed by atoms with Crippen molar-refractivity contribution in [2.75, 3.05) is 0 Å². The van der Waals surface area contributed by atoms with Crippen molar-refractivity contribution in [1.29, 1.82) is 5.26 Å². The van der Waals surface area contributed by atoms with Crippen molar-refractivity contribution in [2.24, 2.45) is 0 Å². The van der Waals surface area contributed by atoms with E-state index < -0.39 is 5.56 Å². The predicted molar refractivity (Wildman–Crippen MR) is 91.4 cm³/mol. The van der Waals surface area contributed by atoms with Gasteiger partial charge in [0.1, 0.15) is 17.4 Å². The highest BCUT2D eigenvalue weighted by molar-refractivity contribution is 6.30. The Morgan fingerprint density at radius 3 is 2.50 bits per heavy atom. The molecular weight excluding hydrogens is 327 g/mol. The summed E-state index contributed by atoms with van der Waals surface area (Å²) in [7, 11) is 0. The second-order valence-corrected chi connectivity index (χ2v) is 5.71. The Bertz CT molecular complexity index is 987. The van der Waals surface area contributed by atoms with E-state index in [1.165, 1.54) is 22.8 Å². The monoisotopic (exact) mass is 338 g/mol. The van der Waals surface area contributed by atoms with Gasteiger partial charge >= 0.3 is 0 Å². The molecule has 118 valence electrons. The second kappa shape index (κ2) is 6.69. The van der Waals surface area contributed by atoms with E-state index in [2.05, 4.69) is 0 Å². The number of hydrogen-bond acceptors (Lipinski definition) is 2. The Morgan fingerprint density at radius 2 is 1.83 bits per heavy atom. The van der Waals surface area contributed by atoms with Gasteiger partial charge in [-0.15, -0.1) is 0 Å². The lowest BCUT2D eigenvalue weighted by Gasteiger charge is -2.14. The molecule has 1 heterocycles. The van der Waals surface area contributed by atoms with E-state index in [0.717, 1.165) is 5.56 Å². The molecule has 0 amide bonds. The summed E-state index contributed by atoms with van der Waals surface area (Å²) < 4.78 is 14.9. The minimum absolute atomic E-state index is 0.0455. The SMILES string of the molecule is N#Cc1ccc(-c2ccc(Cl)cc2)n(Cc2cccc(F)c2)c1=O. The van der Waals surface area contributed by atoms with Crippen LogP contribution in [-0.2, 0) is 6.54 Å². The Morgan fingerprint density at radius 1 is 1.08 bits per heavy atom. The van der Waals surface area contributed by atoms with Crippen LogP contribution in [0.4, 0.5) is 4.39 Å². The van der Waals surface area contributed by atoms with Crippen molar-refractivity contribution >= 4 is 11.6 Å². The van der Waals surface area contributed by atoms with Crippen molar-refractivity contribution in [3.63, 3.8) is 0 Å². The van der Waals surface area contributed by atoms with E-state index >= 15 is 0 Å². The molecule has 0 unspecified atom stereocenters. The molecule has 0 aliphatic carbocycles. The molecule has 24 heavy (non-hydrogen) atoms. The first-order valence-electron chi connectivity index (χ1n) is 7.23. The lowest BCUT2D eigenvalue weighted by Crippen LogP contribution is -2.24. The van der Waals surface area contributed by atoms with Gasteiger partial charge in [-0.1, -0.05) is 35.9 Å². The number of nitrogens with zero attached hydrogens (tertiary/aromatic N) is 2. The van der Waals surface area contributed by atoms with Gasteiger partial charge in [0.15, 0.2) is 0 Å². The fourth-order valence-electron chi connectivity index (χ4n) is 2.51. The van der Waals surface area contributed by atoms with E-state index in [9.17, 15) is 9.18 Å². The van der Waals surface area contributed by atoms with Gasteiger partial charge in [0.25, 0.3) is 5.56 Å². The maximum Gasteiger partial charge on any atom is 0.269 e. The average molecular weight is 339 g/mol. The fraction of sp³-hybridized carbons (Fsp3) is 0.0526. The third-order valence-corrected chi connectivity index (χ3v) is 3.92. The summed E-state index contributed by atoms with van der Waals surface area (Å²) in [6.07, 6.45) is 0. The van der Waals surface area contributed by atoms with E-state index in [4.69, 9.17) is 16.9 Å². The first-order chi connectivity index (χ1) is 11.6. The maximum absolute atomic E-state index is 13.4. The van der Waals surface area contributed by atoms with Crippen LogP contribution in [0.15, 0.2) is 65.5 Å². The van der Waals surface area contributed by atoms with Crippen molar-refractivity contribution in [2.45, 2.75) is 6.54 Å². The molecule has 2 aromatic carbocycles. The molecule has 3 rings (SSSR count). The van der Waals surface area contributed by atoms with Crippen molar-refractivity contribution in [3.8, 4) is 17.3 Å². The Kier molecular flexibility index (Phi) is 4.45. The lowest BCUT2D eigenvalue weighted by atomic mass is 10.1. The minimum atomic E-state index is -0.408. The second-order valence-electron chi connectivity index (χ2n) is 5.27. The maximum atomic E-state index is 13.4. The van der Waals surface area contributed by atoms with E-state index in [1.54, 1.807) is 42.5 Å². The van der Waals surface area contributed by atoms with Crippen LogP contribution in [0.5, 0.6) is 0 Å². The fourth-order valence-corrected chi connectivity index (χ4v) is 2.64. The minimum Gasteiger partial charge on any atom is -0.303 e. The highest BCUT2D eigenvalue weighted by Gasteiger charge is 2.11. The molecule has 0 saturated heterocycles. The lowest BCUT2D eigenvalue weighted by molar-refractivity contribution is 0.623. The highest BCUT2D eigenvalue weighted by atomic mass is 35.5. The molecule has 0 fully saturated rings. The van der Waals surface area contributed by atoms with Gasteiger partial charge in [0, 0.05) is 5.02 Å². The molecule has 0 N–H and O–H groups in total. The summed E-state index contributed by atoms with van der Waals surface area (Å²) in [5.74, 6) is -0.370. The van der Waals surface area contributed by atoms with Crippen LogP contribution in [-0.4, -0.2) is 4.57 Å². The Balaban J connectivity index is 2.16. The zero-order valence-electron chi connectivity index (χ0n) is 12.5. The summed E-state index contributed by atoms with van der Waals surface area (Å²) in [5, 5.41) is 9.70. The molecule has 0 aliphatic rings. The molecule has 0 aliphatic heterocycles. The van der Waals surface area contributed by atoms with Crippen LogP contribution in [0, 0.1) is 17.1 Å². The summed E-state index contributed by atoms with van der Waals surface area (Å²) in [6, 6.07) is 18.2. The van der Waals surface area contributed by atoms with Crippen molar-refractivity contribution in [3.05, 3.63) is 93.0 Å². The summed E-state index contributed by atoms with van der Waals surface area (Å²) >= 11 is 5.91. The predicted octanol–water partition coefficient (Wildman–Crippen LogP) is 4.23. The van der Waals surface area contributed by atoms with Gasteiger partial charge in [-0.3, -0.25) is 4.79 Å². The number of nitriles is 1. The zero-order valence-corrected chi connectivity index (χ0v) is 13.3. The van der Waals surface area contributed by atoms with E-state index in [0.29, 0.717) is 16.3 Å². The standard InChI is InChI=1S/C19H12ClFN2O/c20-16-7-4-14(5-8-16)18-9-6-15(11-22)19(24)23(18)12-13-2-1-3-17(21)10-13/h1-10H,12H2. The largest absolute Gasteiger partial charge is 0.303 e. The van der Waals surface area contributed by atoms with Gasteiger partial charge in [-0.2, -0.15) is 5.26 Å². The first kappa shape index (κ1) is 16.0. The third-order valence-electron chi connectivity index (χ3n) is 3.66. The molecule has 3 aromatic rings. The zero-order chi connectivity index (χ0) is 17.1. The Labute approximate surface area is 143 Å². The van der Waals surface area contributed by atoms with Crippen LogP contribution >= 0.6 is 11.6 Å². The first-order valence-corrected chi connectivity index (χ1v) is 7.60. The highest BCUT2D eigenvalue weighted by Crippen LogP contribution is 2.22. The summed E-state index contributed by atoms with van der Waals surface area (Å²) in [4.78, 5) is 12.6. The van der Waals surface area contributed by atoms with Crippen LogP contribution in [0.1, 0.15) is 11.1 Å². The van der Waals surface area contributed by atoms with Gasteiger partial charge < -0.3 is 4.57 Å². The smallest absolute Gasteiger partial charge is 0.269 e. The number of aromatic nitrogens is 1. The Hall–Kier alpha value is -2.90. The number of rotatable bonds is 3. The molecule has 0 radical (unpaired) electrons. The number of benzene rings is 2. The van der Waals surface area contributed by atoms with E-state index in [-0.39, 0.29) is 17.9 Å². The summed E-state index contributed by atoms with van der Waals surface area (Å²) in [5.41, 5.74) is 1.71. The van der Waals surface area contributed by atoms with Crippen LogP contribution < -0.4 is 5.56 Å². The van der Waals surface area contributed by atoms with Gasteiger partial charge in [0.2, 0.25) is 0 Å². The molecule has 0 spiro atoms. The molecule has 5 heteroatoms. The van der Waals surface area contributed by atoms with Crippen molar-refractivity contribution in [1.82, 2.24) is 4.57 Å². The van der Waals surface area contributed by atoms with Gasteiger partial charge in [-0.25, -0.2) is 4.39 Å². The topological polar surface area (TPSA) is 45.8 Å². The van der Waals surface area contributed by atoms with E-state index in [1.807, 2.05) is 6.07 Å². The van der Waals surface area contributed by atoms with Gasteiger partial charge in [0.05, 0.1) is 12.2 Å². The average Bonchev–Trinajstić information content (AvgIpc) is 2.58. The molecule has 3 nitrogen and oxygen atoms in total. The van der Waals surface area contributed by atoms with Crippen LogP contribution in [0.3, 0.4) is 0 Å². The summed E-state index contributed by atoms with van der Waals surface area (Å²) in [6.45, 7) is 0.171. The quantitative estimate of drug-likeness (QED) is 0.717. The van der Waals surface area contributed by atoms with Crippen LogP contribution in [0.25, 0.3) is 11.3 Å². The molecule has 1 aromatic heterocycles. The molecular formula is C19H12ClFN2O. The van der Waals surface area contributed by atoms with Crippen LogP contribution in [0.2, 0.25) is 5.02 Å². The van der Waals surface area contributed by atoms with Gasteiger partial charge in [-0.05, 0) is 47.5 Å². The molecule has 0 bridgehead atoms. The number of halogens is 2. The molecule has 0 saturated carbocycles.